The van der Waals surface area contributed by atoms with Crippen molar-refractivity contribution < 1.29 is 9.53 Å². The average molecular weight is 207 g/mol. The molecule has 1 aromatic rings. The molecule has 0 saturated heterocycles. The van der Waals surface area contributed by atoms with Gasteiger partial charge in [-0.25, -0.2) is 0 Å². The Bertz CT molecular complexity index is 309. The maximum absolute atomic E-state index is 11.3. The molecular formula is C12H17NO2. The van der Waals surface area contributed by atoms with Gasteiger partial charge >= 0.3 is 5.97 Å². The Balaban J connectivity index is 2.49. The molecular weight excluding hydrogens is 190 g/mol. The minimum absolute atomic E-state index is 0.0829. The monoisotopic (exact) mass is 207 g/mol. The van der Waals surface area contributed by atoms with E-state index in [9.17, 15) is 4.79 Å². The van der Waals surface area contributed by atoms with Gasteiger partial charge in [0.2, 0.25) is 0 Å². The second kappa shape index (κ2) is 5.51. The Morgan fingerprint density at radius 1 is 1.33 bits per heavy atom. The van der Waals surface area contributed by atoms with Crippen LogP contribution in [0.5, 0.6) is 0 Å². The van der Waals surface area contributed by atoms with E-state index in [-0.39, 0.29) is 24.5 Å². The largest absolute Gasteiger partial charge is 0.463 e. The number of hydrogen-bond acceptors (Lipinski definition) is 3. The maximum Gasteiger partial charge on any atom is 0.307 e. The van der Waals surface area contributed by atoms with Gasteiger partial charge in [0, 0.05) is 6.04 Å². The summed E-state index contributed by atoms with van der Waals surface area (Å²) in [7, 11) is 0. The Hall–Kier alpha value is -1.35. The normalized spacial score (nSPS) is 12.5. The fourth-order valence-corrected chi connectivity index (χ4v) is 1.31. The van der Waals surface area contributed by atoms with E-state index in [0.29, 0.717) is 0 Å². The van der Waals surface area contributed by atoms with Crippen LogP contribution < -0.4 is 5.73 Å². The molecule has 0 aliphatic heterocycles. The molecule has 0 bridgehead atoms. The van der Waals surface area contributed by atoms with Crippen molar-refractivity contribution in [2.24, 2.45) is 5.73 Å². The number of benzene rings is 1. The van der Waals surface area contributed by atoms with Gasteiger partial charge in [0.15, 0.2) is 0 Å². The maximum atomic E-state index is 11.3. The highest BCUT2D eigenvalue weighted by Gasteiger charge is 2.13. The van der Waals surface area contributed by atoms with E-state index < -0.39 is 0 Å². The lowest BCUT2D eigenvalue weighted by Gasteiger charge is -2.13. The van der Waals surface area contributed by atoms with Crippen molar-refractivity contribution in [2.75, 3.05) is 0 Å². The molecule has 3 heteroatoms. The van der Waals surface area contributed by atoms with Crippen LogP contribution in [0.25, 0.3) is 0 Å². The van der Waals surface area contributed by atoms with Gasteiger partial charge in [-0.05, 0) is 19.4 Å². The van der Waals surface area contributed by atoms with E-state index in [0.717, 1.165) is 5.56 Å². The van der Waals surface area contributed by atoms with Gasteiger partial charge in [-0.3, -0.25) is 4.79 Å². The molecule has 0 aliphatic carbocycles. The van der Waals surface area contributed by atoms with E-state index in [1.807, 2.05) is 44.2 Å². The molecule has 0 radical (unpaired) electrons. The van der Waals surface area contributed by atoms with Crippen molar-refractivity contribution in [3.63, 3.8) is 0 Å². The summed E-state index contributed by atoms with van der Waals surface area (Å²) in [6, 6.07) is 9.27. The molecule has 82 valence electrons. The molecule has 0 amide bonds. The summed E-state index contributed by atoms with van der Waals surface area (Å²) in [5.41, 5.74) is 6.83. The number of rotatable bonds is 4. The number of esters is 1. The van der Waals surface area contributed by atoms with Crippen molar-refractivity contribution in [2.45, 2.75) is 32.4 Å². The van der Waals surface area contributed by atoms with E-state index in [2.05, 4.69) is 0 Å². The third-order valence-corrected chi connectivity index (χ3v) is 1.98. The third-order valence-electron chi connectivity index (χ3n) is 1.98. The predicted octanol–water partition coefficient (Wildman–Crippen LogP) is 2.03. The molecule has 0 fully saturated rings. The molecule has 15 heavy (non-hydrogen) atoms. The van der Waals surface area contributed by atoms with Crippen LogP contribution in [0.4, 0.5) is 0 Å². The molecule has 0 spiro atoms. The summed E-state index contributed by atoms with van der Waals surface area (Å²) < 4.78 is 5.02. The van der Waals surface area contributed by atoms with Crippen LogP contribution >= 0.6 is 0 Å². The first-order valence-corrected chi connectivity index (χ1v) is 5.09. The predicted molar refractivity (Wildman–Crippen MR) is 59.2 cm³/mol. The average Bonchev–Trinajstić information content (AvgIpc) is 2.17. The van der Waals surface area contributed by atoms with Crippen LogP contribution in [0.1, 0.15) is 31.9 Å². The minimum Gasteiger partial charge on any atom is -0.463 e. The quantitative estimate of drug-likeness (QED) is 0.768. The lowest BCUT2D eigenvalue weighted by atomic mass is 10.1. The van der Waals surface area contributed by atoms with Gasteiger partial charge in [0.25, 0.3) is 0 Å². The lowest BCUT2D eigenvalue weighted by molar-refractivity contribution is -0.147. The summed E-state index contributed by atoms with van der Waals surface area (Å²) in [6.07, 6.45) is 0.142. The second-order valence-electron chi connectivity index (χ2n) is 3.76. The summed E-state index contributed by atoms with van der Waals surface area (Å²) in [5, 5.41) is 0. The van der Waals surface area contributed by atoms with Crippen molar-refractivity contribution in [1.82, 2.24) is 0 Å². The minimum atomic E-state index is -0.280. The van der Waals surface area contributed by atoms with Crippen molar-refractivity contribution in [1.29, 1.82) is 0 Å². The molecule has 1 rings (SSSR count). The zero-order valence-corrected chi connectivity index (χ0v) is 9.14. The zero-order valence-electron chi connectivity index (χ0n) is 9.14. The van der Waals surface area contributed by atoms with Gasteiger partial charge in [-0.1, -0.05) is 30.3 Å². The van der Waals surface area contributed by atoms with Crippen molar-refractivity contribution in [3.8, 4) is 0 Å². The highest BCUT2D eigenvalue weighted by molar-refractivity contribution is 5.70. The van der Waals surface area contributed by atoms with Gasteiger partial charge < -0.3 is 10.5 Å². The Labute approximate surface area is 90.2 Å². The van der Waals surface area contributed by atoms with Crippen molar-refractivity contribution in [3.05, 3.63) is 35.9 Å². The zero-order chi connectivity index (χ0) is 11.3. The van der Waals surface area contributed by atoms with Crippen molar-refractivity contribution >= 4 is 5.97 Å². The highest BCUT2D eigenvalue weighted by atomic mass is 16.5. The van der Waals surface area contributed by atoms with Crippen LogP contribution in [0.3, 0.4) is 0 Å². The van der Waals surface area contributed by atoms with Crippen LogP contribution in [-0.2, 0) is 9.53 Å². The first kappa shape index (κ1) is 11.7. The van der Waals surface area contributed by atoms with Gasteiger partial charge in [-0.15, -0.1) is 0 Å². The Kier molecular flexibility index (Phi) is 4.31. The van der Waals surface area contributed by atoms with Gasteiger partial charge in [0.05, 0.1) is 12.5 Å². The summed E-state index contributed by atoms with van der Waals surface area (Å²) in [4.78, 5) is 11.3. The molecule has 1 aromatic carbocycles. The van der Waals surface area contributed by atoms with Gasteiger partial charge in [0.1, 0.15) is 0 Å². The standard InChI is InChI=1S/C12H17NO2/c1-9(2)15-12(14)8-11(13)10-6-4-3-5-7-10/h3-7,9,11H,8,13H2,1-2H3/t11-/m0/s1. The number of ether oxygens (including phenoxy) is 1. The van der Waals surface area contributed by atoms with E-state index >= 15 is 0 Å². The topological polar surface area (TPSA) is 52.3 Å². The Morgan fingerprint density at radius 2 is 1.93 bits per heavy atom. The fourth-order valence-electron chi connectivity index (χ4n) is 1.31. The summed E-state index contributed by atoms with van der Waals surface area (Å²) in [6.45, 7) is 3.65. The molecule has 0 aliphatic rings. The third kappa shape index (κ3) is 4.13. The first-order chi connectivity index (χ1) is 7.09. The number of nitrogens with two attached hydrogens (primary N) is 1. The van der Waals surface area contributed by atoms with Crippen LogP contribution in [0, 0.1) is 0 Å². The molecule has 1 atom stereocenters. The molecule has 0 heterocycles. The SMILES string of the molecule is CC(C)OC(=O)C[C@H](N)c1ccccc1. The Morgan fingerprint density at radius 3 is 2.47 bits per heavy atom. The number of carbonyl (C=O) groups is 1. The fraction of sp³-hybridized carbons (Fsp3) is 0.417. The second-order valence-corrected chi connectivity index (χ2v) is 3.76. The van der Waals surface area contributed by atoms with Crippen LogP contribution in [0.2, 0.25) is 0 Å². The van der Waals surface area contributed by atoms with Gasteiger partial charge in [-0.2, -0.15) is 0 Å². The smallest absolute Gasteiger partial charge is 0.307 e. The lowest BCUT2D eigenvalue weighted by Crippen LogP contribution is -2.19. The summed E-state index contributed by atoms with van der Waals surface area (Å²) >= 11 is 0. The van der Waals surface area contributed by atoms with E-state index in [1.165, 1.54) is 0 Å². The van der Waals surface area contributed by atoms with Crippen LogP contribution in [-0.4, -0.2) is 12.1 Å². The molecule has 3 nitrogen and oxygen atoms in total. The molecule has 2 N–H and O–H groups in total. The van der Waals surface area contributed by atoms with E-state index in [1.54, 1.807) is 0 Å². The van der Waals surface area contributed by atoms with Crippen LogP contribution in [0.15, 0.2) is 30.3 Å². The van der Waals surface area contributed by atoms with E-state index in [4.69, 9.17) is 10.5 Å². The first-order valence-electron chi connectivity index (χ1n) is 5.09. The summed E-state index contributed by atoms with van der Waals surface area (Å²) in [5.74, 6) is -0.249. The number of hydrogen-bond donors (Lipinski definition) is 1. The molecule has 0 unspecified atom stereocenters. The highest BCUT2D eigenvalue weighted by Crippen LogP contribution is 2.14. The molecule has 0 aromatic heterocycles. The molecule has 0 saturated carbocycles. The number of carbonyl (C=O) groups excluding carboxylic acids is 1.